The lowest BCUT2D eigenvalue weighted by molar-refractivity contribution is 0.694. The van der Waals surface area contributed by atoms with Crippen LogP contribution in [0.15, 0.2) is 23.1 Å². The molecule has 0 aromatic rings. The molecule has 1 heteroatoms. The van der Waals surface area contributed by atoms with Crippen molar-refractivity contribution in [2.24, 2.45) is 5.92 Å². The van der Waals surface area contributed by atoms with Gasteiger partial charge >= 0.3 is 0 Å². The molecule has 0 rings (SSSR count). The van der Waals surface area contributed by atoms with E-state index in [0.717, 1.165) is 0 Å². The van der Waals surface area contributed by atoms with Crippen LogP contribution in [0, 0.1) is 5.92 Å². The summed E-state index contributed by atoms with van der Waals surface area (Å²) in [4.78, 5) is 0. The Bertz CT molecular complexity index is 168. The zero-order valence-corrected chi connectivity index (χ0v) is 10.2. The Kier molecular flexibility index (Phi) is 8.32. The predicted octanol–water partition coefficient (Wildman–Crippen LogP) is 4.64. The Hall–Kier alpha value is -0.170. The summed E-state index contributed by atoms with van der Waals surface area (Å²) in [5.74, 6) is 1.94. The molecule has 0 radical (unpaired) electrons. The van der Waals surface area contributed by atoms with E-state index in [1.165, 1.54) is 24.2 Å². The second-order valence-electron chi connectivity index (χ2n) is 3.41. The zero-order valence-electron chi connectivity index (χ0n) is 9.34. The van der Waals surface area contributed by atoms with Crippen LogP contribution in [0.25, 0.3) is 0 Å². The predicted molar refractivity (Wildman–Crippen MR) is 65.1 cm³/mol. The number of thioether (sulfide) groups is 1. The maximum Gasteiger partial charge on any atom is -0.00287 e. The molecule has 76 valence electrons. The molecule has 0 fully saturated rings. The summed E-state index contributed by atoms with van der Waals surface area (Å²) in [6.45, 7) is 8.82. The van der Waals surface area contributed by atoms with E-state index in [1.54, 1.807) is 0 Å². The molecule has 0 amide bonds. The maximum atomic E-state index is 2.29. The van der Waals surface area contributed by atoms with Crippen LogP contribution < -0.4 is 0 Å². The van der Waals surface area contributed by atoms with E-state index in [0.29, 0.717) is 5.92 Å². The molecular weight excluding hydrogens is 176 g/mol. The van der Waals surface area contributed by atoms with Gasteiger partial charge in [0.1, 0.15) is 0 Å². The van der Waals surface area contributed by atoms with Crippen LogP contribution in [0.1, 0.15) is 40.5 Å². The fourth-order valence-corrected chi connectivity index (χ4v) is 1.60. The Morgan fingerprint density at radius 1 is 1.46 bits per heavy atom. The van der Waals surface area contributed by atoms with Gasteiger partial charge in [-0.2, -0.15) is 0 Å². The van der Waals surface area contributed by atoms with Gasteiger partial charge in [-0.05, 0) is 43.8 Å². The van der Waals surface area contributed by atoms with E-state index in [2.05, 4.69) is 45.3 Å². The summed E-state index contributed by atoms with van der Waals surface area (Å²) in [7, 11) is 0. The largest absolute Gasteiger partial charge is 0.134 e. The standard InChI is InChI=1S/C12H22S/c1-5-9-13-10-7-8-12(4)11(3)6-2/h6-7,10,12H,5,8-9H2,1-4H3/b10-7+,11-6-. The third-order valence-electron chi connectivity index (χ3n) is 2.24. The van der Waals surface area contributed by atoms with Gasteiger partial charge in [-0.1, -0.05) is 31.6 Å². The SMILES string of the molecule is C/C=C(/C)C(C)C/C=C/SCCC. The molecule has 0 heterocycles. The summed E-state index contributed by atoms with van der Waals surface area (Å²) in [5, 5.41) is 2.24. The molecule has 0 N–H and O–H groups in total. The first kappa shape index (κ1) is 12.8. The lowest BCUT2D eigenvalue weighted by Gasteiger charge is -2.07. The van der Waals surface area contributed by atoms with Gasteiger partial charge < -0.3 is 0 Å². The van der Waals surface area contributed by atoms with Gasteiger partial charge in [0.2, 0.25) is 0 Å². The molecule has 13 heavy (non-hydrogen) atoms. The van der Waals surface area contributed by atoms with Crippen LogP contribution in [0.4, 0.5) is 0 Å². The summed E-state index contributed by atoms with van der Waals surface area (Å²) >= 11 is 1.91. The third-order valence-corrected chi connectivity index (χ3v) is 3.27. The van der Waals surface area contributed by atoms with Gasteiger partial charge in [-0.25, -0.2) is 0 Å². The van der Waals surface area contributed by atoms with E-state index in [4.69, 9.17) is 0 Å². The monoisotopic (exact) mass is 198 g/mol. The smallest absolute Gasteiger partial charge is 0.00287 e. The maximum absolute atomic E-state index is 2.29. The molecule has 0 nitrogen and oxygen atoms in total. The average molecular weight is 198 g/mol. The summed E-state index contributed by atoms with van der Waals surface area (Å²) in [6.07, 6.45) is 6.93. The first-order valence-electron chi connectivity index (χ1n) is 5.11. The number of rotatable bonds is 6. The summed E-state index contributed by atoms with van der Waals surface area (Å²) in [6, 6.07) is 0. The Morgan fingerprint density at radius 2 is 2.15 bits per heavy atom. The molecule has 0 bridgehead atoms. The molecule has 0 saturated heterocycles. The van der Waals surface area contributed by atoms with E-state index < -0.39 is 0 Å². The van der Waals surface area contributed by atoms with E-state index >= 15 is 0 Å². The lowest BCUT2D eigenvalue weighted by atomic mass is 9.99. The van der Waals surface area contributed by atoms with E-state index in [1.807, 2.05) is 11.8 Å². The van der Waals surface area contributed by atoms with E-state index in [9.17, 15) is 0 Å². The van der Waals surface area contributed by atoms with Gasteiger partial charge in [0.15, 0.2) is 0 Å². The minimum absolute atomic E-state index is 0.698. The number of allylic oxidation sites excluding steroid dienone is 3. The van der Waals surface area contributed by atoms with E-state index in [-0.39, 0.29) is 0 Å². The number of hydrogen-bond acceptors (Lipinski definition) is 1. The van der Waals surface area contributed by atoms with Gasteiger partial charge in [0, 0.05) is 0 Å². The molecule has 0 aromatic heterocycles. The fourth-order valence-electron chi connectivity index (χ4n) is 0.984. The highest BCUT2D eigenvalue weighted by atomic mass is 32.2. The summed E-state index contributed by atoms with van der Waals surface area (Å²) < 4.78 is 0. The van der Waals surface area contributed by atoms with Gasteiger partial charge in [-0.3, -0.25) is 0 Å². The molecule has 1 atom stereocenters. The van der Waals surface area contributed by atoms with Crippen molar-refractivity contribution in [1.29, 1.82) is 0 Å². The van der Waals surface area contributed by atoms with Crippen molar-refractivity contribution in [3.63, 3.8) is 0 Å². The van der Waals surface area contributed by atoms with Gasteiger partial charge in [-0.15, -0.1) is 11.8 Å². The van der Waals surface area contributed by atoms with Crippen LogP contribution in [0.2, 0.25) is 0 Å². The van der Waals surface area contributed by atoms with Crippen molar-refractivity contribution >= 4 is 11.8 Å². The van der Waals surface area contributed by atoms with Crippen molar-refractivity contribution in [2.75, 3.05) is 5.75 Å². The zero-order chi connectivity index (χ0) is 10.1. The quantitative estimate of drug-likeness (QED) is 0.443. The summed E-state index contributed by atoms with van der Waals surface area (Å²) in [5.41, 5.74) is 1.49. The number of hydrogen-bond donors (Lipinski definition) is 0. The second kappa shape index (κ2) is 8.43. The highest BCUT2D eigenvalue weighted by molar-refractivity contribution is 8.02. The Labute approximate surface area is 87.5 Å². The van der Waals surface area contributed by atoms with Crippen LogP contribution in [-0.4, -0.2) is 5.75 Å². The first-order valence-corrected chi connectivity index (χ1v) is 6.16. The van der Waals surface area contributed by atoms with Crippen LogP contribution in [0.3, 0.4) is 0 Å². The normalized spacial score (nSPS) is 15.2. The van der Waals surface area contributed by atoms with Crippen molar-refractivity contribution in [3.05, 3.63) is 23.1 Å². The van der Waals surface area contributed by atoms with Gasteiger partial charge in [0.05, 0.1) is 0 Å². The topological polar surface area (TPSA) is 0 Å². The third kappa shape index (κ3) is 6.94. The highest BCUT2D eigenvalue weighted by Gasteiger charge is 1.99. The molecule has 0 spiro atoms. The highest BCUT2D eigenvalue weighted by Crippen LogP contribution is 2.15. The molecule has 0 aliphatic rings. The molecule has 0 saturated carbocycles. The van der Waals surface area contributed by atoms with Crippen LogP contribution in [0.5, 0.6) is 0 Å². The molecule has 0 aliphatic carbocycles. The fraction of sp³-hybridized carbons (Fsp3) is 0.667. The minimum atomic E-state index is 0.698. The Morgan fingerprint density at radius 3 is 2.69 bits per heavy atom. The minimum Gasteiger partial charge on any atom is -0.134 e. The average Bonchev–Trinajstić information content (AvgIpc) is 2.16. The van der Waals surface area contributed by atoms with Gasteiger partial charge in [0.25, 0.3) is 0 Å². The molecule has 0 aromatic carbocycles. The first-order chi connectivity index (χ1) is 6.22. The lowest BCUT2D eigenvalue weighted by Crippen LogP contribution is -1.93. The van der Waals surface area contributed by atoms with Crippen molar-refractivity contribution in [3.8, 4) is 0 Å². The molecule has 1 unspecified atom stereocenters. The molecular formula is C12H22S. The van der Waals surface area contributed by atoms with Crippen molar-refractivity contribution in [2.45, 2.75) is 40.5 Å². The van der Waals surface area contributed by atoms with Crippen molar-refractivity contribution in [1.82, 2.24) is 0 Å². The second-order valence-corrected chi connectivity index (χ2v) is 4.43. The van der Waals surface area contributed by atoms with Crippen LogP contribution >= 0.6 is 11.8 Å². The molecule has 0 aliphatic heterocycles. The Balaban J connectivity index is 3.57. The van der Waals surface area contributed by atoms with Crippen molar-refractivity contribution < 1.29 is 0 Å². The van der Waals surface area contributed by atoms with Crippen LogP contribution in [-0.2, 0) is 0 Å².